The van der Waals surface area contributed by atoms with E-state index in [0.29, 0.717) is 12.1 Å². The molecule has 0 aliphatic carbocycles. The largest absolute Gasteiger partial charge is 0.383 e. The van der Waals surface area contributed by atoms with Crippen LogP contribution in [0.25, 0.3) is 0 Å². The first-order valence-electron chi connectivity index (χ1n) is 8.89. The molecule has 1 aliphatic heterocycles. The number of allylic oxidation sites excluding steroid dienone is 1. The van der Waals surface area contributed by atoms with E-state index in [0.717, 1.165) is 13.0 Å². The van der Waals surface area contributed by atoms with Gasteiger partial charge in [-0.15, -0.1) is 0 Å². The Kier molecular flexibility index (Phi) is 6.43. The summed E-state index contributed by atoms with van der Waals surface area (Å²) in [4.78, 5) is 2.67. The highest BCUT2D eigenvalue weighted by Gasteiger charge is 2.33. The summed E-state index contributed by atoms with van der Waals surface area (Å²) in [6.45, 7) is 11.2. The van der Waals surface area contributed by atoms with Gasteiger partial charge < -0.3 is 4.74 Å². The van der Waals surface area contributed by atoms with Crippen LogP contribution in [0, 0.1) is 0 Å². The van der Waals surface area contributed by atoms with Gasteiger partial charge >= 0.3 is 0 Å². The molecule has 0 amide bonds. The molecule has 2 nitrogen and oxygen atoms in total. The van der Waals surface area contributed by atoms with Crippen LogP contribution in [0.3, 0.4) is 0 Å². The lowest BCUT2D eigenvalue weighted by Gasteiger charge is -2.37. The van der Waals surface area contributed by atoms with Gasteiger partial charge in [0.2, 0.25) is 0 Å². The molecule has 1 fully saturated rings. The van der Waals surface area contributed by atoms with E-state index < -0.39 is 0 Å². The molecule has 0 N–H and O–H groups in total. The lowest BCUT2D eigenvalue weighted by molar-refractivity contribution is 0.0925. The van der Waals surface area contributed by atoms with Crippen molar-refractivity contribution in [2.45, 2.75) is 64.5 Å². The van der Waals surface area contributed by atoms with E-state index in [1.54, 1.807) is 0 Å². The number of ether oxygens (including phenoxy) is 1. The van der Waals surface area contributed by atoms with Crippen molar-refractivity contribution >= 4 is 0 Å². The van der Waals surface area contributed by atoms with Gasteiger partial charge in [-0.05, 0) is 50.6 Å². The highest BCUT2D eigenvalue weighted by atomic mass is 16.5. The Morgan fingerprint density at radius 1 is 1.30 bits per heavy atom. The lowest BCUT2D eigenvalue weighted by Crippen LogP contribution is -2.43. The molecule has 2 atom stereocenters. The second kappa shape index (κ2) is 8.12. The number of benzene rings is 1. The van der Waals surface area contributed by atoms with Crippen LogP contribution in [0.4, 0.5) is 0 Å². The second-order valence-corrected chi connectivity index (χ2v) is 7.75. The Hall–Kier alpha value is -1.12. The number of likely N-dealkylation sites (tertiary alicyclic amines) is 1. The highest BCUT2D eigenvalue weighted by Crippen LogP contribution is 2.33. The predicted octanol–water partition coefficient (Wildman–Crippen LogP) is 4.80. The van der Waals surface area contributed by atoms with Gasteiger partial charge in [-0.3, -0.25) is 4.90 Å². The zero-order valence-corrected chi connectivity index (χ0v) is 15.5. The number of rotatable bonds is 7. The van der Waals surface area contributed by atoms with E-state index in [1.165, 1.54) is 30.5 Å². The topological polar surface area (TPSA) is 12.5 Å². The maximum atomic E-state index is 5.46. The van der Waals surface area contributed by atoms with E-state index in [-0.39, 0.29) is 5.41 Å². The van der Waals surface area contributed by atoms with E-state index >= 15 is 0 Å². The van der Waals surface area contributed by atoms with Crippen molar-refractivity contribution in [1.29, 1.82) is 0 Å². The minimum Gasteiger partial charge on any atom is -0.383 e. The molecule has 128 valence electrons. The van der Waals surface area contributed by atoms with Gasteiger partial charge in [-0.1, -0.05) is 55.8 Å². The van der Waals surface area contributed by atoms with Gasteiger partial charge in [0.15, 0.2) is 0 Å². The summed E-state index contributed by atoms with van der Waals surface area (Å²) in [6, 6.07) is 12.0. The molecule has 1 heterocycles. The van der Waals surface area contributed by atoms with Gasteiger partial charge in [-0.25, -0.2) is 0 Å². The number of nitrogens with zero attached hydrogens (tertiary/aromatic N) is 1. The monoisotopic (exact) mass is 315 g/mol. The zero-order chi connectivity index (χ0) is 16.9. The Balaban J connectivity index is 2.20. The normalized spacial score (nSPS) is 20.5. The maximum Gasteiger partial charge on any atom is 0.0618 e. The van der Waals surface area contributed by atoms with E-state index in [4.69, 9.17) is 4.74 Å². The molecule has 1 saturated heterocycles. The van der Waals surface area contributed by atoms with Crippen LogP contribution in [0.5, 0.6) is 0 Å². The van der Waals surface area contributed by atoms with E-state index in [2.05, 4.69) is 69.0 Å². The summed E-state index contributed by atoms with van der Waals surface area (Å²) >= 11 is 0. The SMILES string of the molecule is COC[C@@H]1CCCN1C(C=C(C)C)CC(C)(C)c1ccccc1. The Labute approximate surface area is 142 Å². The average Bonchev–Trinajstić information content (AvgIpc) is 2.95. The summed E-state index contributed by atoms with van der Waals surface area (Å²) in [5.74, 6) is 0. The quantitative estimate of drug-likeness (QED) is 0.670. The minimum absolute atomic E-state index is 0.165. The molecule has 0 bridgehead atoms. The Morgan fingerprint density at radius 3 is 2.61 bits per heavy atom. The van der Waals surface area contributed by atoms with Gasteiger partial charge in [-0.2, -0.15) is 0 Å². The van der Waals surface area contributed by atoms with Crippen LogP contribution in [0.2, 0.25) is 0 Å². The summed E-state index contributed by atoms with van der Waals surface area (Å²) in [7, 11) is 1.82. The van der Waals surface area contributed by atoms with Crippen molar-refractivity contribution in [3.63, 3.8) is 0 Å². The first-order valence-corrected chi connectivity index (χ1v) is 8.89. The van der Waals surface area contributed by atoms with Crippen molar-refractivity contribution < 1.29 is 4.74 Å². The van der Waals surface area contributed by atoms with E-state index in [1.807, 2.05) is 7.11 Å². The van der Waals surface area contributed by atoms with Gasteiger partial charge in [0, 0.05) is 19.2 Å². The fourth-order valence-corrected chi connectivity index (χ4v) is 3.85. The third-order valence-corrected chi connectivity index (χ3v) is 5.01. The lowest BCUT2D eigenvalue weighted by atomic mass is 9.78. The minimum atomic E-state index is 0.165. The first-order chi connectivity index (χ1) is 10.9. The molecule has 1 aromatic rings. The van der Waals surface area contributed by atoms with Crippen LogP contribution in [0.15, 0.2) is 42.0 Å². The third kappa shape index (κ3) is 4.92. The third-order valence-electron chi connectivity index (χ3n) is 5.01. The van der Waals surface area contributed by atoms with Crippen molar-refractivity contribution in [3.8, 4) is 0 Å². The molecule has 1 aliphatic rings. The van der Waals surface area contributed by atoms with Crippen LogP contribution < -0.4 is 0 Å². The first kappa shape index (κ1) is 18.2. The molecular formula is C21H33NO. The molecule has 23 heavy (non-hydrogen) atoms. The molecule has 1 unspecified atom stereocenters. The number of hydrogen-bond acceptors (Lipinski definition) is 2. The summed E-state index contributed by atoms with van der Waals surface area (Å²) in [5.41, 5.74) is 2.99. The molecule has 2 heteroatoms. The average molecular weight is 316 g/mol. The van der Waals surface area contributed by atoms with Crippen LogP contribution >= 0.6 is 0 Å². The molecule has 0 spiro atoms. The number of methoxy groups -OCH3 is 1. The summed E-state index contributed by atoms with van der Waals surface area (Å²) < 4.78 is 5.46. The summed E-state index contributed by atoms with van der Waals surface area (Å²) in [5, 5.41) is 0. The van der Waals surface area contributed by atoms with Crippen molar-refractivity contribution in [2.75, 3.05) is 20.3 Å². The molecule has 0 aromatic heterocycles. The zero-order valence-electron chi connectivity index (χ0n) is 15.5. The maximum absolute atomic E-state index is 5.46. The summed E-state index contributed by atoms with van der Waals surface area (Å²) in [6.07, 6.45) is 6.14. The highest BCUT2D eigenvalue weighted by molar-refractivity contribution is 5.24. The van der Waals surface area contributed by atoms with Crippen LogP contribution in [-0.4, -0.2) is 37.2 Å². The predicted molar refractivity (Wildman–Crippen MR) is 98.9 cm³/mol. The van der Waals surface area contributed by atoms with E-state index in [9.17, 15) is 0 Å². The van der Waals surface area contributed by atoms with Crippen molar-refractivity contribution in [2.24, 2.45) is 0 Å². The van der Waals surface area contributed by atoms with Gasteiger partial charge in [0.05, 0.1) is 6.61 Å². The Morgan fingerprint density at radius 2 is 2.00 bits per heavy atom. The molecular weight excluding hydrogens is 282 g/mol. The van der Waals surface area contributed by atoms with Crippen molar-refractivity contribution in [3.05, 3.63) is 47.5 Å². The fourth-order valence-electron chi connectivity index (χ4n) is 3.85. The molecule has 0 saturated carbocycles. The van der Waals surface area contributed by atoms with Crippen LogP contribution in [-0.2, 0) is 10.2 Å². The van der Waals surface area contributed by atoms with Gasteiger partial charge in [0.1, 0.15) is 0 Å². The smallest absolute Gasteiger partial charge is 0.0618 e. The molecule has 2 rings (SSSR count). The van der Waals surface area contributed by atoms with Crippen LogP contribution in [0.1, 0.15) is 52.5 Å². The van der Waals surface area contributed by atoms with Gasteiger partial charge in [0.25, 0.3) is 0 Å². The molecule has 0 radical (unpaired) electrons. The second-order valence-electron chi connectivity index (χ2n) is 7.75. The van der Waals surface area contributed by atoms with Crippen molar-refractivity contribution in [1.82, 2.24) is 4.90 Å². The standard InChI is InChI=1S/C21H33NO/c1-17(2)14-20(22-13-9-12-19(22)16-23-5)15-21(3,4)18-10-7-6-8-11-18/h6-8,10-11,14,19-20H,9,12-13,15-16H2,1-5H3/t19-,20?/m0/s1. The fraction of sp³-hybridized carbons (Fsp3) is 0.619. The number of hydrogen-bond donors (Lipinski definition) is 0. The Bertz CT molecular complexity index is 502. The molecule has 1 aromatic carbocycles.